The fraction of sp³-hybridized carbons (Fsp3) is 0.907. The zero-order valence-corrected chi connectivity index (χ0v) is 55.1. The first-order valence-electron chi connectivity index (χ1n) is 36.8. The van der Waals surface area contributed by atoms with E-state index in [0.29, 0.717) is 19.3 Å². The highest BCUT2D eigenvalue weighted by Crippen LogP contribution is 2.19. The summed E-state index contributed by atoms with van der Waals surface area (Å²) in [5, 5.41) is 0. The fourth-order valence-corrected chi connectivity index (χ4v) is 11.4. The predicted octanol–water partition coefficient (Wildman–Crippen LogP) is 25.3. The molecular formula is C75H142O6. The highest BCUT2D eigenvalue weighted by atomic mass is 16.6. The van der Waals surface area contributed by atoms with Crippen molar-refractivity contribution in [2.45, 2.75) is 425 Å². The molecule has 0 amide bonds. The number of unbranched alkanes of at least 4 members (excludes halogenated alkanes) is 54. The number of ether oxygens (including phenoxy) is 3. The van der Waals surface area contributed by atoms with Crippen LogP contribution in [-0.4, -0.2) is 37.2 Å². The van der Waals surface area contributed by atoms with E-state index in [0.717, 1.165) is 70.6 Å². The van der Waals surface area contributed by atoms with Crippen molar-refractivity contribution in [2.24, 2.45) is 0 Å². The molecule has 0 aliphatic heterocycles. The van der Waals surface area contributed by atoms with Crippen LogP contribution in [0.2, 0.25) is 0 Å². The smallest absolute Gasteiger partial charge is 0.306 e. The Labute approximate surface area is 506 Å². The molecule has 81 heavy (non-hydrogen) atoms. The summed E-state index contributed by atoms with van der Waals surface area (Å²) in [6, 6.07) is 0. The average molecular weight is 1140 g/mol. The third-order valence-corrected chi connectivity index (χ3v) is 16.9. The molecule has 6 heteroatoms. The number of hydrogen-bond acceptors (Lipinski definition) is 6. The molecule has 0 aromatic rings. The van der Waals surface area contributed by atoms with Crippen LogP contribution in [0, 0.1) is 0 Å². The Balaban J connectivity index is 4.03. The van der Waals surface area contributed by atoms with E-state index in [-0.39, 0.29) is 31.1 Å². The summed E-state index contributed by atoms with van der Waals surface area (Å²) in [4.78, 5) is 38.3. The van der Waals surface area contributed by atoms with Crippen LogP contribution in [0.15, 0.2) is 24.3 Å². The maximum absolute atomic E-state index is 12.9. The van der Waals surface area contributed by atoms with E-state index in [2.05, 4.69) is 45.1 Å². The van der Waals surface area contributed by atoms with E-state index >= 15 is 0 Å². The molecule has 0 aliphatic carbocycles. The molecule has 0 aromatic heterocycles. The van der Waals surface area contributed by atoms with Gasteiger partial charge < -0.3 is 14.2 Å². The minimum atomic E-state index is -0.770. The zero-order valence-electron chi connectivity index (χ0n) is 55.1. The molecule has 1 unspecified atom stereocenters. The first-order valence-corrected chi connectivity index (χ1v) is 36.8. The van der Waals surface area contributed by atoms with Crippen molar-refractivity contribution >= 4 is 17.9 Å². The van der Waals surface area contributed by atoms with Gasteiger partial charge in [-0.25, -0.2) is 0 Å². The SMILES string of the molecule is CCC/C=C\CCCCCCCC(=O)OCC(COC(=O)CCCCCCCCCCCCCCCCCCCCCCC/C=C\CCCCCCCCCC)OC(=O)CCCCCCCCCCCCCCCCCCCCCC. The second-order valence-corrected chi connectivity index (χ2v) is 25.2. The average Bonchev–Trinajstić information content (AvgIpc) is 3.47. The van der Waals surface area contributed by atoms with Crippen LogP contribution in [0.3, 0.4) is 0 Å². The van der Waals surface area contributed by atoms with Gasteiger partial charge in [0.15, 0.2) is 6.10 Å². The number of allylic oxidation sites excluding steroid dienone is 4. The van der Waals surface area contributed by atoms with Crippen molar-refractivity contribution in [3.8, 4) is 0 Å². The van der Waals surface area contributed by atoms with Crippen LogP contribution >= 0.6 is 0 Å². The first kappa shape index (κ1) is 78.9. The number of esters is 3. The van der Waals surface area contributed by atoms with Gasteiger partial charge in [0.25, 0.3) is 0 Å². The molecule has 478 valence electrons. The molecule has 0 heterocycles. The Kier molecular flexibility index (Phi) is 68.5. The van der Waals surface area contributed by atoms with Crippen molar-refractivity contribution < 1.29 is 28.6 Å². The summed E-state index contributed by atoms with van der Waals surface area (Å²) in [5.41, 5.74) is 0. The standard InChI is InChI=1S/C75H142O6/c1-4-7-10-13-16-19-22-24-26-28-30-32-33-34-35-36-37-38-39-40-41-42-43-44-46-47-49-51-53-56-59-62-65-68-74(77)80-71-72(70-79-73(76)67-64-61-58-55-21-18-15-12-9-6-3)81-75(78)69-66-63-60-57-54-52-50-48-45-31-29-27-25-23-20-17-14-11-8-5-2/h12,15,28,30,72H,4-11,13-14,16-27,29,31-71H2,1-3H3/b15-12-,30-28-. The van der Waals surface area contributed by atoms with Crippen LogP contribution in [0.25, 0.3) is 0 Å². The molecule has 6 nitrogen and oxygen atoms in total. The van der Waals surface area contributed by atoms with Crippen LogP contribution < -0.4 is 0 Å². The Hall–Kier alpha value is -2.11. The predicted molar refractivity (Wildman–Crippen MR) is 353 cm³/mol. The summed E-state index contributed by atoms with van der Waals surface area (Å²) < 4.78 is 17.0. The Bertz CT molecular complexity index is 1310. The van der Waals surface area contributed by atoms with E-state index in [4.69, 9.17) is 14.2 Å². The molecular weight excluding hydrogens is 997 g/mol. The van der Waals surface area contributed by atoms with E-state index in [1.54, 1.807) is 0 Å². The van der Waals surface area contributed by atoms with Gasteiger partial charge in [-0.2, -0.15) is 0 Å². The van der Waals surface area contributed by atoms with Crippen LogP contribution in [0.5, 0.6) is 0 Å². The van der Waals surface area contributed by atoms with Gasteiger partial charge in [-0.1, -0.05) is 360 Å². The Morgan fingerprint density at radius 2 is 0.432 bits per heavy atom. The van der Waals surface area contributed by atoms with Crippen molar-refractivity contribution in [1.82, 2.24) is 0 Å². The molecule has 0 aromatic carbocycles. The summed E-state index contributed by atoms with van der Waals surface area (Å²) >= 11 is 0. The minimum Gasteiger partial charge on any atom is -0.462 e. The largest absolute Gasteiger partial charge is 0.462 e. The summed E-state index contributed by atoms with van der Waals surface area (Å²) in [5.74, 6) is -0.847. The molecule has 0 saturated carbocycles. The third kappa shape index (κ3) is 68.6. The maximum Gasteiger partial charge on any atom is 0.306 e. The Morgan fingerprint density at radius 1 is 0.235 bits per heavy atom. The van der Waals surface area contributed by atoms with Gasteiger partial charge >= 0.3 is 17.9 Å². The van der Waals surface area contributed by atoms with Gasteiger partial charge in [-0.15, -0.1) is 0 Å². The van der Waals surface area contributed by atoms with Gasteiger partial charge in [-0.05, 0) is 64.2 Å². The normalized spacial score (nSPS) is 12.1. The lowest BCUT2D eigenvalue weighted by Crippen LogP contribution is -2.30. The monoisotopic (exact) mass is 1140 g/mol. The quantitative estimate of drug-likeness (QED) is 0.0261. The lowest BCUT2D eigenvalue weighted by molar-refractivity contribution is -0.167. The highest BCUT2D eigenvalue weighted by molar-refractivity contribution is 5.71. The molecule has 0 spiro atoms. The van der Waals surface area contributed by atoms with Gasteiger partial charge in [-0.3, -0.25) is 14.4 Å². The molecule has 0 saturated heterocycles. The van der Waals surface area contributed by atoms with E-state index in [1.807, 2.05) is 0 Å². The second-order valence-electron chi connectivity index (χ2n) is 25.2. The summed E-state index contributed by atoms with van der Waals surface area (Å²) in [6.45, 7) is 6.65. The molecule has 0 bridgehead atoms. The van der Waals surface area contributed by atoms with Gasteiger partial charge in [0.05, 0.1) is 0 Å². The van der Waals surface area contributed by atoms with Crippen molar-refractivity contribution in [3.63, 3.8) is 0 Å². The molecule has 0 aliphatic rings. The van der Waals surface area contributed by atoms with Crippen LogP contribution in [0.4, 0.5) is 0 Å². The number of hydrogen-bond donors (Lipinski definition) is 0. The van der Waals surface area contributed by atoms with E-state index in [1.165, 1.54) is 308 Å². The lowest BCUT2D eigenvalue weighted by Gasteiger charge is -2.18. The van der Waals surface area contributed by atoms with E-state index < -0.39 is 6.10 Å². The summed E-state index contributed by atoms with van der Waals surface area (Å²) in [6.07, 6.45) is 86.8. The zero-order chi connectivity index (χ0) is 58.5. The van der Waals surface area contributed by atoms with Gasteiger partial charge in [0.1, 0.15) is 13.2 Å². The van der Waals surface area contributed by atoms with Crippen molar-refractivity contribution in [1.29, 1.82) is 0 Å². The molecule has 1 atom stereocenters. The number of carbonyl (C=O) groups is 3. The third-order valence-electron chi connectivity index (χ3n) is 16.9. The molecule has 0 N–H and O–H groups in total. The summed E-state index contributed by atoms with van der Waals surface area (Å²) in [7, 11) is 0. The van der Waals surface area contributed by atoms with Gasteiger partial charge in [0.2, 0.25) is 0 Å². The second kappa shape index (κ2) is 70.4. The van der Waals surface area contributed by atoms with Crippen LogP contribution in [0.1, 0.15) is 419 Å². The fourth-order valence-electron chi connectivity index (χ4n) is 11.4. The minimum absolute atomic E-state index is 0.0673. The lowest BCUT2D eigenvalue weighted by atomic mass is 10.0. The van der Waals surface area contributed by atoms with Crippen molar-refractivity contribution in [2.75, 3.05) is 13.2 Å². The van der Waals surface area contributed by atoms with Crippen LogP contribution in [-0.2, 0) is 28.6 Å². The first-order chi connectivity index (χ1) is 40.0. The number of rotatable bonds is 69. The topological polar surface area (TPSA) is 78.9 Å². The maximum atomic E-state index is 12.9. The highest BCUT2D eigenvalue weighted by Gasteiger charge is 2.20. The number of carbonyl (C=O) groups excluding carboxylic acids is 3. The molecule has 0 radical (unpaired) electrons. The van der Waals surface area contributed by atoms with Crippen molar-refractivity contribution in [3.05, 3.63) is 24.3 Å². The Morgan fingerprint density at radius 3 is 0.667 bits per heavy atom. The van der Waals surface area contributed by atoms with Gasteiger partial charge in [0, 0.05) is 19.3 Å². The molecule has 0 rings (SSSR count). The molecule has 0 fully saturated rings. The van der Waals surface area contributed by atoms with E-state index in [9.17, 15) is 14.4 Å².